The largest absolute Gasteiger partial charge is 0.455 e. The molecule has 0 bridgehead atoms. The van der Waals surface area contributed by atoms with Gasteiger partial charge in [-0.1, -0.05) is 12.8 Å². The average molecular weight is 1120 g/mol. The van der Waals surface area contributed by atoms with Crippen molar-refractivity contribution in [2.24, 2.45) is 35.5 Å². The quantitative estimate of drug-likeness (QED) is 0.0855. The molecule has 11 nitrogen and oxygen atoms in total. The Hall–Kier alpha value is 0.861. The third kappa shape index (κ3) is 14.9. The van der Waals surface area contributed by atoms with Gasteiger partial charge in [0.05, 0.1) is 73.2 Å². The maximum absolute atomic E-state index is 7.67. The molecular weight excluding hydrogens is 1020 g/mol. The highest BCUT2D eigenvalue weighted by atomic mass is 28.5. The SMILES string of the molecule is C[Si](C)(CCC1CCC2OC2C1)O[Si](C)(C)CCC1CCC2OC2C1.C[Si]1(CCC2CCC3OC3C2)O[Si](C)(CCC2CCC3OC3C2)O[Si](C)(CCC2CCC3OC3C2)O[Si](C)(CCC2CCC3OC3C2)O1. The minimum absolute atomic E-state index is 0.521. The van der Waals surface area contributed by atoms with Crippen LogP contribution in [0.2, 0.25) is 88.6 Å². The van der Waals surface area contributed by atoms with Gasteiger partial charge in [0.15, 0.2) is 16.6 Å². The second kappa shape index (κ2) is 21.6. The summed E-state index contributed by atoms with van der Waals surface area (Å²) in [6.07, 6.45) is 37.4. The standard InChI is InChI=1S/C36H64O8Si4.C20H38O3Si2/c1-45(17-13-25-5-9-29-33(21-25)37-29)41-46(2,18-14-26-6-10-30-34(22-26)38-30)43-48(4,20-16-28-8-12-32-36(24-28)40-32)44-47(3,42-45)19-15-27-7-11-31-35(23-27)39-31;1-24(2,11-9-15-5-7-17-19(13-15)21-17)23-25(3,4)12-10-16-6-8-18-20(14-16)22-18/h25-36H,5-24H2,1-4H3;15-20H,5-14H2,1-4H3. The van der Waals surface area contributed by atoms with E-state index in [4.69, 9.17) is 49.0 Å². The van der Waals surface area contributed by atoms with Gasteiger partial charge in [0, 0.05) is 0 Å². The number of hydrogen-bond donors (Lipinski definition) is 0. The van der Waals surface area contributed by atoms with Crippen LogP contribution in [0.3, 0.4) is 0 Å². The summed E-state index contributed by atoms with van der Waals surface area (Å²) in [6.45, 7) is 19.5. The highest BCUT2D eigenvalue weighted by molar-refractivity contribution is 6.94. The van der Waals surface area contributed by atoms with E-state index in [2.05, 4.69) is 52.4 Å². The predicted molar refractivity (Wildman–Crippen MR) is 299 cm³/mol. The number of epoxide rings is 6. The molecule has 0 radical (unpaired) electrons. The lowest BCUT2D eigenvalue weighted by atomic mass is 9.88. The molecule has 6 aliphatic carbocycles. The van der Waals surface area contributed by atoms with Gasteiger partial charge < -0.3 is 49.0 Å². The first-order chi connectivity index (χ1) is 34.8. The average Bonchev–Trinajstić information content (AvgIpc) is 4.11. The Morgan fingerprint density at radius 2 is 0.507 bits per heavy atom. The predicted octanol–water partition coefficient (Wildman–Crippen LogP) is 13.5. The molecule has 13 aliphatic rings. The van der Waals surface area contributed by atoms with E-state index >= 15 is 0 Å². The lowest BCUT2D eigenvalue weighted by molar-refractivity contribution is 0.211. The molecule has 18 unspecified atom stereocenters. The topological polar surface area (TPSA) is 121 Å². The molecule has 0 aromatic rings. The van der Waals surface area contributed by atoms with E-state index in [0.717, 1.165) is 59.7 Å². The Bertz CT molecular complexity index is 1670. The van der Waals surface area contributed by atoms with E-state index in [9.17, 15) is 0 Å². The van der Waals surface area contributed by atoms with Gasteiger partial charge in [-0.15, -0.1) is 0 Å². The van der Waals surface area contributed by atoms with Crippen molar-refractivity contribution >= 4 is 50.9 Å². The number of hydrogen-bond acceptors (Lipinski definition) is 11. The van der Waals surface area contributed by atoms with Crippen LogP contribution in [0.1, 0.15) is 154 Å². The van der Waals surface area contributed by atoms with Gasteiger partial charge in [0.1, 0.15) is 0 Å². The molecule has 0 aromatic carbocycles. The summed E-state index contributed by atoms with van der Waals surface area (Å²) in [6, 6.07) is 6.89. The normalized spacial score (nSPS) is 50.1. The smallest absolute Gasteiger partial charge is 0.317 e. The summed E-state index contributed by atoms with van der Waals surface area (Å²) >= 11 is 0. The minimum atomic E-state index is -2.60. The van der Waals surface area contributed by atoms with Crippen molar-refractivity contribution in [2.45, 2.75) is 316 Å². The van der Waals surface area contributed by atoms with E-state index in [1.165, 1.54) is 166 Å². The highest BCUT2D eigenvalue weighted by Gasteiger charge is 2.58. The number of fused-ring (bicyclic) bond motifs is 6. The molecule has 17 heteroatoms. The lowest BCUT2D eigenvalue weighted by Gasteiger charge is -2.51. The van der Waals surface area contributed by atoms with E-state index in [1.807, 2.05) is 0 Å². The van der Waals surface area contributed by atoms with E-state index in [-0.39, 0.29) is 0 Å². The Morgan fingerprint density at radius 1 is 0.301 bits per heavy atom. The molecule has 0 aromatic heterocycles. The maximum Gasteiger partial charge on any atom is 0.317 e. The zero-order valence-electron chi connectivity index (χ0n) is 47.1. The van der Waals surface area contributed by atoms with Crippen molar-refractivity contribution < 1.29 is 49.0 Å². The van der Waals surface area contributed by atoms with Crippen molar-refractivity contribution in [2.75, 3.05) is 0 Å². The van der Waals surface area contributed by atoms with Gasteiger partial charge in [-0.05, 0) is 265 Å². The second-order valence-electron chi connectivity index (χ2n) is 29.1. The molecule has 7 heterocycles. The van der Waals surface area contributed by atoms with Crippen LogP contribution in [0, 0.1) is 35.5 Å². The zero-order valence-corrected chi connectivity index (χ0v) is 53.1. The fraction of sp³-hybridized carbons (Fsp3) is 1.00. The van der Waals surface area contributed by atoms with Gasteiger partial charge >= 0.3 is 34.2 Å². The second-order valence-corrected chi connectivity index (χ2v) is 52.3. The number of rotatable bonds is 20. The molecule has 73 heavy (non-hydrogen) atoms. The molecule has 0 spiro atoms. The Kier molecular flexibility index (Phi) is 16.1. The van der Waals surface area contributed by atoms with Crippen LogP contribution in [0.4, 0.5) is 0 Å². The molecule has 0 N–H and O–H groups in total. The fourth-order valence-corrected chi connectivity index (χ4v) is 49.4. The first-order valence-corrected chi connectivity index (χ1v) is 47.6. The summed E-state index contributed by atoms with van der Waals surface area (Å²) in [5, 5.41) is 0. The molecule has 6 saturated carbocycles. The molecule has 0 amide bonds. The summed E-state index contributed by atoms with van der Waals surface area (Å²) in [4.78, 5) is 0. The van der Waals surface area contributed by atoms with Crippen LogP contribution in [-0.4, -0.2) is 124 Å². The van der Waals surface area contributed by atoms with Gasteiger partial charge in [-0.2, -0.15) is 0 Å². The van der Waals surface area contributed by atoms with Crippen molar-refractivity contribution in [1.29, 1.82) is 0 Å². The zero-order chi connectivity index (χ0) is 50.4. The van der Waals surface area contributed by atoms with Gasteiger partial charge in [0.25, 0.3) is 0 Å². The van der Waals surface area contributed by atoms with E-state index in [0.29, 0.717) is 73.2 Å². The molecule has 416 valence electrons. The molecule has 13 fully saturated rings. The van der Waals surface area contributed by atoms with Crippen molar-refractivity contribution in [3.63, 3.8) is 0 Å². The summed E-state index contributed by atoms with van der Waals surface area (Å²) in [5.41, 5.74) is 0. The highest BCUT2D eigenvalue weighted by Crippen LogP contribution is 2.50. The molecule has 18 atom stereocenters. The Morgan fingerprint density at radius 3 is 0.712 bits per heavy atom. The van der Waals surface area contributed by atoms with Gasteiger partial charge in [-0.25, -0.2) is 0 Å². The van der Waals surface area contributed by atoms with Crippen molar-refractivity contribution in [1.82, 2.24) is 0 Å². The summed E-state index contributed by atoms with van der Waals surface area (Å²) in [5.74, 6) is 4.71. The molecule has 7 saturated heterocycles. The Labute approximate surface area is 449 Å². The molecular formula is C56H102O11Si6. The Balaban J connectivity index is 0.000000182. The van der Waals surface area contributed by atoms with Crippen LogP contribution in [-0.2, 0) is 49.0 Å². The van der Waals surface area contributed by atoms with Gasteiger partial charge in [-0.3, -0.25) is 0 Å². The summed E-state index contributed by atoms with van der Waals surface area (Å²) < 4.78 is 72.7. The van der Waals surface area contributed by atoms with E-state index < -0.39 is 50.9 Å². The first kappa shape index (κ1) is 54.4. The lowest BCUT2D eigenvalue weighted by Crippen LogP contribution is -2.67. The number of ether oxygens (including phenoxy) is 6. The molecule has 7 aliphatic heterocycles. The van der Waals surface area contributed by atoms with Crippen LogP contribution in [0.15, 0.2) is 0 Å². The van der Waals surface area contributed by atoms with Crippen molar-refractivity contribution in [3.05, 3.63) is 0 Å². The van der Waals surface area contributed by atoms with Crippen LogP contribution in [0.5, 0.6) is 0 Å². The maximum atomic E-state index is 7.67. The minimum Gasteiger partial charge on any atom is -0.455 e. The van der Waals surface area contributed by atoms with Crippen LogP contribution in [0.25, 0.3) is 0 Å². The first-order valence-electron chi connectivity index (χ1n) is 31.2. The van der Waals surface area contributed by atoms with E-state index in [1.54, 1.807) is 0 Å². The summed E-state index contributed by atoms with van der Waals surface area (Å²) in [7, 11) is -13.4. The molecule has 13 rings (SSSR count). The third-order valence-electron chi connectivity index (χ3n) is 21.3. The monoisotopic (exact) mass is 1120 g/mol. The van der Waals surface area contributed by atoms with Gasteiger partial charge in [0.2, 0.25) is 0 Å². The van der Waals surface area contributed by atoms with Crippen molar-refractivity contribution in [3.8, 4) is 0 Å². The van der Waals surface area contributed by atoms with Crippen LogP contribution >= 0.6 is 0 Å². The fourth-order valence-electron chi connectivity index (χ4n) is 16.6. The van der Waals surface area contributed by atoms with Crippen LogP contribution < -0.4 is 0 Å². The third-order valence-corrected chi connectivity index (χ3v) is 47.3.